The Labute approximate surface area is 265 Å². The summed E-state index contributed by atoms with van der Waals surface area (Å²) in [7, 11) is 0. The van der Waals surface area contributed by atoms with E-state index in [2.05, 4.69) is 16.0 Å². The van der Waals surface area contributed by atoms with E-state index < -0.39 is 35.6 Å². The number of ether oxygens (including phenoxy) is 2. The van der Waals surface area contributed by atoms with Crippen molar-refractivity contribution in [2.24, 2.45) is 11.8 Å². The molecule has 11 heteroatoms. The van der Waals surface area contributed by atoms with Crippen LogP contribution in [0.25, 0.3) is 0 Å². The maximum Gasteiger partial charge on any atom is 0.408 e. The molecule has 3 N–H and O–H groups in total. The fourth-order valence-corrected chi connectivity index (χ4v) is 5.21. The van der Waals surface area contributed by atoms with Crippen LogP contribution in [0.5, 0.6) is 0 Å². The lowest BCUT2D eigenvalue weighted by molar-refractivity contribution is -0.141. The maximum absolute atomic E-state index is 13.6. The van der Waals surface area contributed by atoms with Gasteiger partial charge in [-0.05, 0) is 50.2 Å². The minimum atomic E-state index is -0.919. The highest BCUT2D eigenvalue weighted by atomic mass is 16.6. The molecule has 0 aliphatic carbocycles. The van der Waals surface area contributed by atoms with E-state index in [1.54, 1.807) is 13.8 Å². The number of carbonyl (C=O) groups excluding carboxylic acids is 5. The van der Waals surface area contributed by atoms with Crippen LogP contribution in [0.3, 0.4) is 0 Å². The van der Waals surface area contributed by atoms with E-state index in [0.717, 1.165) is 11.1 Å². The number of hydrogen-bond acceptors (Lipinski definition) is 7. The fourth-order valence-electron chi connectivity index (χ4n) is 5.21. The molecule has 0 spiro atoms. The standard InChI is InChI=1S/C34H46N4O7/c1-24(2)18-29(36-33(43)45-23-26-14-9-6-10-15-26)30(40)37-34(3,4)19-27(31(41)38-17-11-16-28(39)21-38)20-35-32(42)44-22-25-12-7-5-8-13-25/h5-10,12-15,24,27,29H,11,16-23H2,1-4H3,(H,35,42)(H,36,43)(H,37,40)/t27-,29-/m0/s1. The van der Waals surface area contributed by atoms with Crippen LogP contribution in [0.2, 0.25) is 0 Å². The molecular weight excluding hydrogens is 576 g/mol. The van der Waals surface area contributed by atoms with E-state index in [1.807, 2.05) is 74.5 Å². The number of carbonyl (C=O) groups is 5. The molecule has 45 heavy (non-hydrogen) atoms. The Balaban J connectivity index is 1.64. The Morgan fingerprint density at radius 3 is 2.02 bits per heavy atom. The third kappa shape index (κ3) is 12.6. The molecule has 1 heterocycles. The predicted octanol–water partition coefficient (Wildman–Crippen LogP) is 4.35. The first-order valence-electron chi connectivity index (χ1n) is 15.5. The van der Waals surface area contributed by atoms with Gasteiger partial charge >= 0.3 is 12.2 Å². The molecule has 0 radical (unpaired) electrons. The van der Waals surface area contributed by atoms with E-state index in [-0.39, 0.29) is 50.3 Å². The predicted molar refractivity (Wildman–Crippen MR) is 169 cm³/mol. The molecule has 0 bridgehead atoms. The summed E-state index contributed by atoms with van der Waals surface area (Å²) in [5, 5.41) is 8.35. The number of likely N-dealkylation sites (tertiary alicyclic amines) is 1. The van der Waals surface area contributed by atoms with Gasteiger partial charge in [-0.3, -0.25) is 14.4 Å². The van der Waals surface area contributed by atoms with Crippen LogP contribution < -0.4 is 16.0 Å². The Morgan fingerprint density at radius 1 is 0.889 bits per heavy atom. The van der Waals surface area contributed by atoms with Crippen molar-refractivity contribution in [3.05, 3.63) is 71.8 Å². The van der Waals surface area contributed by atoms with Crippen molar-refractivity contribution in [2.45, 2.75) is 78.2 Å². The smallest absolute Gasteiger partial charge is 0.408 e. The minimum Gasteiger partial charge on any atom is -0.445 e. The van der Waals surface area contributed by atoms with Gasteiger partial charge in [-0.25, -0.2) is 9.59 Å². The molecule has 1 aliphatic rings. The first-order valence-corrected chi connectivity index (χ1v) is 15.5. The number of Topliss-reactive ketones (excluding diaryl/α,β-unsaturated/α-hetero) is 1. The summed E-state index contributed by atoms with van der Waals surface area (Å²) in [6.07, 6.45) is 0.149. The van der Waals surface area contributed by atoms with E-state index in [1.165, 1.54) is 4.90 Å². The van der Waals surface area contributed by atoms with Gasteiger partial charge in [0.15, 0.2) is 5.78 Å². The Kier molecular flexibility index (Phi) is 13.4. The van der Waals surface area contributed by atoms with Crippen molar-refractivity contribution in [3.63, 3.8) is 0 Å². The first-order chi connectivity index (χ1) is 21.4. The van der Waals surface area contributed by atoms with Crippen molar-refractivity contribution in [1.82, 2.24) is 20.9 Å². The van der Waals surface area contributed by atoms with Gasteiger partial charge in [0, 0.05) is 25.0 Å². The second-order valence-corrected chi connectivity index (χ2v) is 12.5. The summed E-state index contributed by atoms with van der Waals surface area (Å²) < 4.78 is 10.7. The number of nitrogens with zero attached hydrogens (tertiary/aromatic N) is 1. The van der Waals surface area contributed by atoms with E-state index >= 15 is 0 Å². The Bertz CT molecular complexity index is 1280. The molecule has 2 aromatic rings. The topological polar surface area (TPSA) is 143 Å². The van der Waals surface area contributed by atoms with Crippen molar-refractivity contribution < 1.29 is 33.4 Å². The zero-order valence-corrected chi connectivity index (χ0v) is 26.7. The number of benzene rings is 2. The third-order valence-corrected chi connectivity index (χ3v) is 7.36. The quantitative estimate of drug-likeness (QED) is 0.284. The van der Waals surface area contributed by atoms with Crippen LogP contribution in [0.4, 0.5) is 9.59 Å². The van der Waals surface area contributed by atoms with Crippen LogP contribution in [-0.4, -0.2) is 65.9 Å². The number of amides is 4. The van der Waals surface area contributed by atoms with Crippen molar-refractivity contribution in [2.75, 3.05) is 19.6 Å². The van der Waals surface area contributed by atoms with Crippen molar-refractivity contribution >= 4 is 29.8 Å². The largest absolute Gasteiger partial charge is 0.445 e. The van der Waals surface area contributed by atoms with Crippen LogP contribution in [0.15, 0.2) is 60.7 Å². The van der Waals surface area contributed by atoms with Crippen LogP contribution in [0.1, 0.15) is 64.5 Å². The molecule has 0 aromatic heterocycles. The highest BCUT2D eigenvalue weighted by Crippen LogP contribution is 2.21. The molecule has 4 amide bonds. The Morgan fingerprint density at radius 2 is 1.47 bits per heavy atom. The zero-order valence-electron chi connectivity index (χ0n) is 26.7. The normalized spacial score (nSPS) is 14.7. The summed E-state index contributed by atoms with van der Waals surface area (Å²) in [6, 6.07) is 17.6. The van der Waals surface area contributed by atoms with Crippen molar-refractivity contribution in [1.29, 1.82) is 0 Å². The monoisotopic (exact) mass is 622 g/mol. The van der Waals surface area contributed by atoms with Gasteiger partial charge < -0.3 is 30.3 Å². The van der Waals surface area contributed by atoms with Crippen LogP contribution in [0, 0.1) is 11.8 Å². The average Bonchev–Trinajstić information content (AvgIpc) is 3.01. The number of ketones is 1. The average molecular weight is 623 g/mol. The van der Waals surface area contributed by atoms with Crippen LogP contribution in [-0.2, 0) is 37.1 Å². The lowest BCUT2D eigenvalue weighted by Crippen LogP contribution is -2.56. The molecule has 3 rings (SSSR count). The lowest BCUT2D eigenvalue weighted by atomic mass is 9.88. The van der Waals surface area contributed by atoms with Gasteiger partial charge in [-0.15, -0.1) is 0 Å². The maximum atomic E-state index is 13.6. The zero-order chi connectivity index (χ0) is 32.8. The summed E-state index contributed by atoms with van der Waals surface area (Å²) in [5.41, 5.74) is 0.726. The van der Waals surface area contributed by atoms with Crippen molar-refractivity contribution in [3.8, 4) is 0 Å². The highest BCUT2D eigenvalue weighted by Gasteiger charge is 2.35. The van der Waals surface area contributed by atoms with Gasteiger partial charge in [0.2, 0.25) is 11.8 Å². The van der Waals surface area contributed by atoms with Crippen LogP contribution >= 0.6 is 0 Å². The van der Waals surface area contributed by atoms with Gasteiger partial charge in [-0.1, -0.05) is 74.5 Å². The van der Waals surface area contributed by atoms with Gasteiger partial charge in [0.25, 0.3) is 0 Å². The summed E-state index contributed by atoms with van der Waals surface area (Å²) >= 11 is 0. The fraction of sp³-hybridized carbons (Fsp3) is 0.500. The summed E-state index contributed by atoms with van der Waals surface area (Å²) in [4.78, 5) is 65.8. The molecule has 1 fully saturated rings. The molecule has 11 nitrogen and oxygen atoms in total. The molecule has 2 atom stereocenters. The molecule has 0 unspecified atom stereocenters. The van der Waals surface area contributed by atoms with Gasteiger partial charge in [0.1, 0.15) is 19.3 Å². The Hall–Kier alpha value is -4.41. The second kappa shape index (κ2) is 17.2. The van der Waals surface area contributed by atoms with Gasteiger partial charge in [0.05, 0.1) is 12.5 Å². The summed E-state index contributed by atoms with van der Waals surface area (Å²) in [5.74, 6) is -1.37. The third-order valence-electron chi connectivity index (χ3n) is 7.36. The molecular formula is C34H46N4O7. The number of piperidine rings is 1. The minimum absolute atomic E-state index is 0.0158. The summed E-state index contributed by atoms with van der Waals surface area (Å²) in [6.45, 7) is 8.00. The molecule has 2 aromatic carbocycles. The highest BCUT2D eigenvalue weighted by molar-refractivity contribution is 5.89. The molecule has 1 aliphatic heterocycles. The molecule has 0 saturated carbocycles. The SMILES string of the molecule is CC(C)C[C@H](NC(=O)OCc1ccccc1)C(=O)NC(C)(C)C[C@@H](CNC(=O)OCc1ccccc1)C(=O)N1CCCC(=O)C1. The number of rotatable bonds is 14. The number of alkyl carbamates (subject to hydrolysis) is 2. The number of nitrogens with one attached hydrogen (secondary N) is 3. The molecule has 1 saturated heterocycles. The number of hydrogen-bond donors (Lipinski definition) is 3. The van der Waals surface area contributed by atoms with E-state index in [4.69, 9.17) is 9.47 Å². The van der Waals surface area contributed by atoms with E-state index in [9.17, 15) is 24.0 Å². The lowest BCUT2D eigenvalue weighted by Gasteiger charge is -2.35. The first kappa shape index (κ1) is 35.1. The molecule has 244 valence electrons. The van der Waals surface area contributed by atoms with Gasteiger partial charge in [-0.2, -0.15) is 0 Å². The van der Waals surface area contributed by atoms with E-state index in [0.29, 0.717) is 25.8 Å². The second-order valence-electron chi connectivity index (χ2n) is 12.5.